The second-order valence-corrected chi connectivity index (χ2v) is 2.54. The van der Waals surface area contributed by atoms with Crippen LogP contribution < -0.4 is 4.74 Å². The van der Waals surface area contributed by atoms with Crippen LogP contribution in [0.5, 0.6) is 5.75 Å². The number of aryl methyl sites for hydroxylation is 1. The minimum absolute atomic E-state index is 0.588. The van der Waals surface area contributed by atoms with Gasteiger partial charge >= 0.3 is 0 Å². The largest absolute Gasteiger partial charge is 0.493 e. The molecule has 0 aliphatic carbocycles. The van der Waals surface area contributed by atoms with Crippen molar-refractivity contribution in [1.29, 1.82) is 0 Å². The Kier molecular flexibility index (Phi) is 2.86. The Morgan fingerprint density at radius 2 is 2.25 bits per heavy atom. The molecule has 0 bridgehead atoms. The molecule has 2 heteroatoms. The lowest BCUT2D eigenvalue weighted by Crippen LogP contribution is -1.97. The predicted molar refractivity (Wildman–Crippen MR) is 47.7 cm³/mol. The fraction of sp³-hybridized carbons (Fsp3) is 0.300. The lowest BCUT2D eigenvalue weighted by Gasteiger charge is -2.06. The SMILES string of the molecule is CCOc1cccc(C)c1C=O. The fourth-order valence-electron chi connectivity index (χ4n) is 1.09. The topological polar surface area (TPSA) is 26.3 Å². The molecule has 0 fully saturated rings. The Morgan fingerprint density at radius 3 is 2.83 bits per heavy atom. The molecule has 0 saturated heterocycles. The van der Waals surface area contributed by atoms with Gasteiger partial charge in [-0.15, -0.1) is 0 Å². The quantitative estimate of drug-likeness (QED) is 0.640. The summed E-state index contributed by atoms with van der Waals surface area (Å²) in [5, 5.41) is 0. The van der Waals surface area contributed by atoms with Crippen molar-refractivity contribution < 1.29 is 9.53 Å². The molecule has 0 radical (unpaired) electrons. The van der Waals surface area contributed by atoms with Crippen LogP contribution in [0.1, 0.15) is 22.8 Å². The zero-order valence-corrected chi connectivity index (χ0v) is 7.33. The van der Waals surface area contributed by atoms with Crippen molar-refractivity contribution >= 4 is 6.29 Å². The van der Waals surface area contributed by atoms with E-state index in [0.717, 1.165) is 11.8 Å². The minimum Gasteiger partial charge on any atom is -0.493 e. The van der Waals surface area contributed by atoms with Crippen molar-refractivity contribution in [2.24, 2.45) is 0 Å². The van der Waals surface area contributed by atoms with E-state index in [4.69, 9.17) is 4.74 Å². The molecular weight excluding hydrogens is 152 g/mol. The second kappa shape index (κ2) is 3.90. The van der Waals surface area contributed by atoms with Crippen molar-refractivity contribution in [2.75, 3.05) is 6.61 Å². The van der Waals surface area contributed by atoms with Crippen LogP contribution in [0.4, 0.5) is 0 Å². The average molecular weight is 164 g/mol. The van der Waals surface area contributed by atoms with E-state index < -0.39 is 0 Å². The van der Waals surface area contributed by atoms with Gasteiger partial charge in [0.2, 0.25) is 0 Å². The molecule has 64 valence electrons. The maximum atomic E-state index is 10.6. The molecule has 0 saturated carbocycles. The van der Waals surface area contributed by atoms with Gasteiger partial charge in [-0.3, -0.25) is 4.79 Å². The molecular formula is C10H12O2. The van der Waals surface area contributed by atoms with E-state index in [2.05, 4.69) is 0 Å². The lowest BCUT2D eigenvalue weighted by molar-refractivity contribution is 0.111. The Balaban J connectivity index is 3.09. The van der Waals surface area contributed by atoms with Crippen molar-refractivity contribution in [3.63, 3.8) is 0 Å². The second-order valence-electron chi connectivity index (χ2n) is 2.54. The molecule has 2 nitrogen and oxygen atoms in total. The summed E-state index contributed by atoms with van der Waals surface area (Å²) in [5.74, 6) is 0.674. The van der Waals surface area contributed by atoms with Crippen LogP contribution in [-0.4, -0.2) is 12.9 Å². The first-order valence-electron chi connectivity index (χ1n) is 3.97. The maximum Gasteiger partial charge on any atom is 0.154 e. The van der Waals surface area contributed by atoms with Crippen LogP contribution in [0.15, 0.2) is 18.2 Å². The number of ether oxygens (including phenoxy) is 1. The van der Waals surface area contributed by atoms with Gasteiger partial charge in [0, 0.05) is 0 Å². The number of carbonyl (C=O) groups excluding carboxylic acids is 1. The lowest BCUT2D eigenvalue weighted by atomic mass is 10.1. The third-order valence-corrected chi connectivity index (χ3v) is 1.70. The first kappa shape index (κ1) is 8.78. The van der Waals surface area contributed by atoms with Gasteiger partial charge < -0.3 is 4.74 Å². The summed E-state index contributed by atoms with van der Waals surface area (Å²) < 4.78 is 5.28. The highest BCUT2D eigenvalue weighted by molar-refractivity contribution is 5.81. The summed E-state index contributed by atoms with van der Waals surface area (Å²) in [4.78, 5) is 10.6. The van der Waals surface area contributed by atoms with Gasteiger partial charge in [0.1, 0.15) is 5.75 Å². The van der Waals surface area contributed by atoms with E-state index in [1.165, 1.54) is 0 Å². The molecule has 0 unspecified atom stereocenters. The number of hydrogen-bond donors (Lipinski definition) is 0. The van der Waals surface area contributed by atoms with Crippen LogP contribution in [0, 0.1) is 6.92 Å². The molecule has 0 N–H and O–H groups in total. The van der Waals surface area contributed by atoms with Gasteiger partial charge in [-0.05, 0) is 25.5 Å². The van der Waals surface area contributed by atoms with Crippen LogP contribution in [0.3, 0.4) is 0 Å². The highest BCUT2D eigenvalue weighted by Gasteiger charge is 2.03. The zero-order chi connectivity index (χ0) is 8.97. The van der Waals surface area contributed by atoms with Crippen molar-refractivity contribution in [3.05, 3.63) is 29.3 Å². The number of carbonyl (C=O) groups is 1. The summed E-state index contributed by atoms with van der Waals surface area (Å²) in [6.07, 6.45) is 0.834. The summed E-state index contributed by atoms with van der Waals surface area (Å²) >= 11 is 0. The molecule has 1 aromatic carbocycles. The molecule has 1 rings (SSSR count). The normalized spacial score (nSPS) is 9.50. The molecule has 0 amide bonds. The first-order valence-corrected chi connectivity index (χ1v) is 3.97. The maximum absolute atomic E-state index is 10.6. The van der Waals surface area contributed by atoms with Gasteiger partial charge in [0.25, 0.3) is 0 Å². The van der Waals surface area contributed by atoms with Crippen LogP contribution >= 0.6 is 0 Å². The smallest absolute Gasteiger partial charge is 0.154 e. The number of aldehydes is 1. The van der Waals surface area contributed by atoms with E-state index in [-0.39, 0.29) is 0 Å². The summed E-state index contributed by atoms with van der Waals surface area (Å²) in [7, 11) is 0. The van der Waals surface area contributed by atoms with E-state index in [0.29, 0.717) is 17.9 Å². The minimum atomic E-state index is 0.588. The van der Waals surface area contributed by atoms with Crippen LogP contribution in [-0.2, 0) is 0 Å². The number of hydrogen-bond acceptors (Lipinski definition) is 2. The van der Waals surface area contributed by atoms with Crippen molar-refractivity contribution in [3.8, 4) is 5.75 Å². The van der Waals surface area contributed by atoms with E-state index in [9.17, 15) is 4.79 Å². The van der Waals surface area contributed by atoms with E-state index >= 15 is 0 Å². The Labute approximate surface area is 72.2 Å². The first-order chi connectivity index (χ1) is 5.79. The standard InChI is InChI=1S/C10H12O2/c1-3-12-10-6-4-5-8(2)9(10)7-11/h4-7H,3H2,1-2H3. The van der Waals surface area contributed by atoms with Crippen molar-refractivity contribution in [1.82, 2.24) is 0 Å². The van der Waals surface area contributed by atoms with Gasteiger partial charge in [-0.25, -0.2) is 0 Å². The van der Waals surface area contributed by atoms with Gasteiger partial charge in [0.05, 0.1) is 12.2 Å². The summed E-state index contributed by atoms with van der Waals surface area (Å²) in [6, 6.07) is 5.58. The molecule has 12 heavy (non-hydrogen) atoms. The third-order valence-electron chi connectivity index (χ3n) is 1.70. The average Bonchev–Trinajstić information content (AvgIpc) is 2.05. The molecule has 0 atom stereocenters. The van der Waals surface area contributed by atoms with Crippen LogP contribution in [0.2, 0.25) is 0 Å². The van der Waals surface area contributed by atoms with Crippen LogP contribution in [0.25, 0.3) is 0 Å². The molecule has 0 heterocycles. The highest BCUT2D eigenvalue weighted by atomic mass is 16.5. The summed E-state index contributed by atoms with van der Waals surface area (Å²) in [6.45, 7) is 4.38. The fourth-order valence-corrected chi connectivity index (χ4v) is 1.09. The molecule has 0 spiro atoms. The Bertz CT molecular complexity index is 279. The third kappa shape index (κ3) is 1.64. The Hall–Kier alpha value is -1.31. The molecule has 1 aromatic rings. The molecule has 0 aromatic heterocycles. The Morgan fingerprint density at radius 1 is 1.50 bits per heavy atom. The van der Waals surface area contributed by atoms with Gasteiger partial charge in [-0.2, -0.15) is 0 Å². The molecule has 0 aliphatic rings. The monoisotopic (exact) mass is 164 g/mol. The predicted octanol–water partition coefficient (Wildman–Crippen LogP) is 2.21. The zero-order valence-electron chi connectivity index (χ0n) is 7.33. The van der Waals surface area contributed by atoms with Gasteiger partial charge in [0.15, 0.2) is 6.29 Å². The van der Waals surface area contributed by atoms with Crippen molar-refractivity contribution in [2.45, 2.75) is 13.8 Å². The molecule has 0 aliphatic heterocycles. The van der Waals surface area contributed by atoms with E-state index in [1.54, 1.807) is 6.07 Å². The summed E-state index contributed by atoms with van der Waals surface area (Å²) in [5.41, 5.74) is 1.61. The number of rotatable bonds is 3. The van der Waals surface area contributed by atoms with Gasteiger partial charge in [-0.1, -0.05) is 12.1 Å². The number of benzene rings is 1. The van der Waals surface area contributed by atoms with E-state index in [1.807, 2.05) is 26.0 Å². The highest BCUT2D eigenvalue weighted by Crippen LogP contribution is 2.19.